The lowest BCUT2D eigenvalue weighted by molar-refractivity contribution is -0.146. The average molecular weight is 259 g/mol. The SMILES string of the molecule is CCC(C)(CSc1ccc(Cl)cc1)C(=O)O. The van der Waals surface area contributed by atoms with Gasteiger partial charge >= 0.3 is 5.97 Å². The lowest BCUT2D eigenvalue weighted by Crippen LogP contribution is -2.29. The minimum absolute atomic E-state index is 0.570. The Morgan fingerprint density at radius 3 is 2.44 bits per heavy atom. The number of carbonyl (C=O) groups is 1. The lowest BCUT2D eigenvalue weighted by atomic mass is 9.90. The van der Waals surface area contributed by atoms with E-state index in [1.165, 1.54) is 0 Å². The summed E-state index contributed by atoms with van der Waals surface area (Å²) >= 11 is 7.33. The second kappa shape index (κ2) is 5.60. The van der Waals surface area contributed by atoms with E-state index in [0.717, 1.165) is 4.90 Å². The largest absolute Gasteiger partial charge is 0.481 e. The van der Waals surface area contributed by atoms with Crippen molar-refractivity contribution in [3.8, 4) is 0 Å². The van der Waals surface area contributed by atoms with Gasteiger partial charge in [-0.2, -0.15) is 0 Å². The van der Waals surface area contributed by atoms with E-state index in [9.17, 15) is 4.79 Å². The van der Waals surface area contributed by atoms with E-state index in [1.807, 2.05) is 31.2 Å². The second-order valence-electron chi connectivity index (χ2n) is 3.96. The second-order valence-corrected chi connectivity index (χ2v) is 5.45. The van der Waals surface area contributed by atoms with Crippen molar-refractivity contribution in [2.45, 2.75) is 25.2 Å². The van der Waals surface area contributed by atoms with Gasteiger partial charge in [0.1, 0.15) is 0 Å². The molecular formula is C12H15ClO2S. The summed E-state index contributed by atoms with van der Waals surface area (Å²) in [6.45, 7) is 3.68. The fourth-order valence-electron chi connectivity index (χ4n) is 1.09. The number of hydrogen-bond donors (Lipinski definition) is 1. The van der Waals surface area contributed by atoms with Crippen LogP contribution in [0.25, 0.3) is 0 Å². The molecule has 1 N–H and O–H groups in total. The van der Waals surface area contributed by atoms with Crippen molar-refractivity contribution in [1.82, 2.24) is 0 Å². The Balaban J connectivity index is 2.63. The van der Waals surface area contributed by atoms with E-state index in [2.05, 4.69) is 0 Å². The highest BCUT2D eigenvalue weighted by Crippen LogP contribution is 2.31. The van der Waals surface area contributed by atoms with Crippen LogP contribution in [0.1, 0.15) is 20.3 Å². The summed E-state index contributed by atoms with van der Waals surface area (Å²) in [5.41, 5.74) is -0.662. The van der Waals surface area contributed by atoms with Gasteiger partial charge in [0.25, 0.3) is 0 Å². The molecule has 0 saturated carbocycles. The zero-order valence-electron chi connectivity index (χ0n) is 9.37. The van der Waals surface area contributed by atoms with E-state index >= 15 is 0 Å². The lowest BCUT2D eigenvalue weighted by Gasteiger charge is -2.22. The van der Waals surface area contributed by atoms with Gasteiger partial charge in [0.05, 0.1) is 5.41 Å². The van der Waals surface area contributed by atoms with Crippen molar-refractivity contribution < 1.29 is 9.90 Å². The zero-order chi connectivity index (χ0) is 12.2. The smallest absolute Gasteiger partial charge is 0.310 e. The number of thioether (sulfide) groups is 1. The van der Waals surface area contributed by atoms with Crippen molar-refractivity contribution in [1.29, 1.82) is 0 Å². The number of carboxylic acid groups (broad SMARTS) is 1. The summed E-state index contributed by atoms with van der Waals surface area (Å²) in [6.07, 6.45) is 0.628. The highest BCUT2D eigenvalue weighted by Gasteiger charge is 2.30. The monoisotopic (exact) mass is 258 g/mol. The van der Waals surface area contributed by atoms with Crippen LogP contribution in [0.4, 0.5) is 0 Å². The predicted octanol–water partition coefficient (Wildman–Crippen LogP) is 3.93. The molecule has 1 atom stereocenters. The van der Waals surface area contributed by atoms with Gasteiger partial charge in [-0.1, -0.05) is 18.5 Å². The molecule has 0 radical (unpaired) electrons. The third-order valence-corrected chi connectivity index (χ3v) is 4.31. The molecule has 0 amide bonds. The first-order chi connectivity index (χ1) is 7.48. The number of aliphatic carboxylic acids is 1. The standard InChI is InChI=1S/C12H15ClO2S/c1-3-12(2,11(14)15)8-16-10-6-4-9(13)5-7-10/h4-7H,3,8H2,1-2H3,(H,14,15). The summed E-state index contributed by atoms with van der Waals surface area (Å²) in [5.74, 6) is -0.169. The molecule has 0 aromatic heterocycles. The molecule has 0 spiro atoms. The molecule has 0 heterocycles. The molecule has 0 aliphatic heterocycles. The first kappa shape index (κ1) is 13.4. The summed E-state index contributed by atoms with van der Waals surface area (Å²) in [5, 5.41) is 9.82. The Morgan fingerprint density at radius 2 is 2.00 bits per heavy atom. The van der Waals surface area contributed by atoms with Crippen molar-refractivity contribution in [3.63, 3.8) is 0 Å². The van der Waals surface area contributed by atoms with Crippen LogP contribution in [0.5, 0.6) is 0 Å². The average Bonchev–Trinajstić information content (AvgIpc) is 2.27. The number of carboxylic acids is 1. The molecule has 0 bridgehead atoms. The molecule has 16 heavy (non-hydrogen) atoms. The maximum Gasteiger partial charge on any atom is 0.310 e. The molecule has 1 rings (SSSR count). The molecule has 88 valence electrons. The fraction of sp³-hybridized carbons (Fsp3) is 0.417. The molecule has 2 nitrogen and oxygen atoms in total. The molecule has 0 aliphatic carbocycles. The summed E-state index contributed by atoms with van der Waals surface area (Å²) in [4.78, 5) is 12.1. The van der Waals surface area contributed by atoms with Crippen molar-refractivity contribution in [2.24, 2.45) is 5.41 Å². The maximum absolute atomic E-state index is 11.1. The van der Waals surface area contributed by atoms with Crippen LogP contribution in [0, 0.1) is 5.41 Å². The van der Waals surface area contributed by atoms with E-state index in [0.29, 0.717) is 17.2 Å². The summed E-state index contributed by atoms with van der Waals surface area (Å²) in [7, 11) is 0. The van der Waals surface area contributed by atoms with Gasteiger partial charge in [-0.25, -0.2) is 0 Å². The van der Waals surface area contributed by atoms with Crippen LogP contribution in [0.3, 0.4) is 0 Å². The van der Waals surface area contributed by atoms with Gasteiger partial charge in [-0.3, -0.25) is 4.79 Å². The number of hydrogen-bond acceptors (Lipinski definition) is 2. The molecule has 1 aromatic rings. The fourth-order valence-corrected chi connectivity index (χ4v) is 2.36. The molecule has 4 heteroatoms. The van der Waals surface area contributed by atoms with E-state index in [1.54, 1.807) is 18.7 Å². The first-order valence-electron chi connectivity index (χ1n) is 5.10. The van der Waals surface area contributed by atoms with Crippen molar-refractivity contribution in [2.75, 3.05) is 5.75 Å². The summed E-state index contributed by atoms with van der Waals surface area (Å²) in [6, 6.07) is 7.44. The quantitative estimate of drug-likeness (QED) is 0.813. The van der Waals surface area contributed by atoms with Gasteiger partial charge in [0, 0.05) is 15.7 Å². The van der Waals surface area contributed by atoms with Gasteiger partial charge in [0.15, 0.2) is 0 Å². The van der Waals surface area contributed by atoms with Crippen molar-refractivity contribution >= 4 is 29.3 Å². The summed E-state index contributed by atoms with van der Waals surface area (Å²) < 4.78 is 0. The van der Waals surface area contributed by atoms with Crippen LogP contribution >= 0.6 is 23.4 Å². The Kier molecular flexibility index (Phi) is 4.69. The highest BCUT2D eigenvalue weighted by atomic mass is 35.5. The van der Waals surface area contributed by atoms with Gasteiger partial charge in [-0.05, 0) is 37.6 Å². The van der Waals surface area contributed by atoms with E-state index in [4.69, 9.17) is 16.7 Å². The Bertz CT molecular complexity index is 364. The Morgan fingerprint density at radius 1 is 1.44 bits per heavy atom. The molecule has 1 unspecified atom stereocenters. The van der Waals surface area contributed by atoms with Gasteiger partial charge in [-0.15, -0.1) is 11.8 Å². The predicted molar refractivity (Wildman–Crippen MR) is 68.2 cm³/mol. The van der Waals surface area contributed by atoms with Crippen LogP contribution in [0.15, 0.2) is 29.2 Å². The molecular weight excluding hydrogens is 244 g/mol. The zero-order valence-corrected chi connectivity index (χ0v) is 10.9. The molecule has 1 aromatic carbocycles. The minimum Gasteiger partial charge on any atom is -0.481 e. The molecule has 0 fully saturated rings. The molecule has 0 saturated heterocycles. The van der Waals surface area contributed by atoms with E-state index in [-0.39, 0.29) is 0 Å². The van der Waals surface area contributed by atoms with Crippen LogP contribution < -0.4 is 0 Å². The highest BCUT2D eigenvalue weighted by molar-refractivity contribution is 7.99. The normalized spacial score (nSPS) is 14.4. The van der Waals surface area contributed by atoms with Crippen LogP contribution in [-0.4, -0.2) is 16.8 Å². The Labute approximate surface area is 105 Å². The Hall–Kier alpha value is -0.670. The number of halogens is 1. The molecule has 0 aliphatic rings. The minimum atomic E-state index is -0.739. The van der Waals surface area contributed by atoms with Gasteiger partial charge < -0.3 is 5.11 Å². The first-order valence-corrected chi connectivity index (χ1v) is 6.46. The number of rotatable bonds is 5. The third kappa shape index (κ3) is 3.42. The van der Waals surface area contributed by atoms with Crippen LogP contribution in [-0.2, 0) is 4.79 Å². The van der Waals surface area contributed by atoms with Gasteiger partial charge in [0.2, 0.25) is 0 Å². The maximum atomic E-state index is 11.1. The van der Waals surface area contributed by atoms with Crippen LogP contribution in [0.2, 0.25) is 5.02 Å². The van der Waals surface area contributed by atoms with Crippen molar-refractivity contribution in [3.05, 3.63) is 29.3 Å². The topological polar surface area (TPSA) is 37.3 Å². The number of benzene rings is 1. The van der Waals surface area contributed by atoms with E-state index < -0.39 is 11.4 Å². The third-order valence-electron chi connectivity index (χ3n) is 2.67.